The number of phenolic OH excluding ortho intramolecular Hbond substituents is 2. The lowest BCUT2D eigenvalue weighted by molar-refractivity contribution is 0.101. The number of hydrogen-bond donors (Lipinski definition) is 2. The van der Waals surface area contributed by atoms with Crippen molar-refractivity contribution in [3.63, 3.8) is 0 Å². The van der Waals surface area contributed by atoms with Gasteiger partial charge in [-0.2, -0.15) is 0 Å². The minimum absolute atomic E-state index is 0.00338. The summed E-state index contributed by atoms with van der Waals surface area (Å²) in [6.45, 7) is 0. The number of ketones is 1. The summed E-state index contributed by atoms with van der Waals surface area (Å²) >= 11 is 0. The van der Waals surface area contributed by atoms with Crippen LogP contribution in [0.3, 0.4) is 0 Å². The second kappa shape index (κ2) is 5.61. The van der Waals surface area contributed by atoms with E-state index in [9.17, 15) is 15.0 Å². The Labute approximate surface area is 154 Å². The van der Waals surface area contributed by atoms with Gasteiger partial charge in [-0.05, 0) is 51.4 Å². The van der Waals surface area contributed by atoms with E-state index >= 15 is 0 Å². The SMILES string of the molecule is O=C1/C(=C/c2cc3ccccc3c3ccccc23)Oc2c1ccc(O)c2O. The predicted octanol–water partition coefficient (Wildman–Crippen LogP) is 5.02. The van der Waals surface area contributed by atoms with Crippen molar-refractivity contribution in [1.82, 2.24) is 0 Å². The van der Waals surface area contributed by atoms with Gasteiger partial charge in [0.2, 0.25) is 11.5 Å². The fraction of sp³-hybridized carbons (Fsp3) is 0. The highest BCUT2D eigenvalue weighted by atomic mass is 16.5. The van der Waals surface area contributed by atoms with Crippen LogP contribution in [-0.4, -0.2) is 16.0 Å². The molecular formula is C23H14O4. The highest BCUT2D eigenvalue weighted by Crippen LogP contribution is 2.44. The van der Waals surface area contributed by atoms with Crippen LogP contribution in [-0.2, 0) is 0 Å². The zero-order valence-electron chi connectivity index (χ0n) is 14.1. The molecule has 4 nitrogen and oxygen atoms in total. The molecule has 1 aliphatic rings. The number of hydrogen-bond acceptors (Lipinski definition) is 4. The maximum atomic E-state index is 12.7. The van der Waals surface area contributed by atoms with Gasteiger partial charge < -0.3 is 14.9 Å². The number of Topliss-reactive ketones (excluding diaryl/α,β-unsaturated/α-hetero) is 1. The highest BCUT2D eigenvalue weighted by Gasteiger charge is 2.31. The minimum Gasteiger partial charge on any atom is -0.504 e. The van der Waals surface area contributed by atoms with E-state index in [0.717, 1.165) is 27.1 Å². The van der Waals surface area contributed by atoms with Crippen molar-refractivity contribution in [3.8, 4) is 17.2 Å². The Morgan fingerprint density at radius 3 is 2.33 bits per heavy atom. The first-order valence-corrected chi connectivity index (χ1v) is 8.53. The first-order chi connectivity index (χ1) is 13.1. The van der Waals surface area contributed by atoms with Crippen LogP contribution >= 0.6 is 0 Å². The molecule has 0 radical (unpaired) electrons. The number of phenols is 2. The van der Waals surface area contributed by atoms with Gasteiger partial charge in [0.05, 0.1) is 5.56 Å². The summed E-state index contributed by atoms with van der Waals surface area (Å²) in [7, 11) is 0. The molecule has 4 aromatic rings. The Morgan fingerprint density at radius 1 is 0.815 bits per heavy atom. The summed E-state index contributed by atoms with van der Waals surface area (Å²) in [5.41, 5.74) is 1.09. The fourth-order valence-electron chi connectivity index (χ4n) is 3.57. The third-order valence-electron chi connectivity index (χ3n) is 4.88. The van der Waals surface area contributed by atoms with Gasteiger partial charge in [0.1, 0.15) is 0 Å². The molecular weight excluding hydrogens is 340 g/mol. The average Bonchev–Trinajstić information content (AvgIpc) is 3.01. The van der Waals surface area contributed by atoms with Gasteiger partial charge in [-0.1, -0.05) is 48.5 Å². The van der Waals surface area contributed by atoms with E-state index in [4.69, 9.17) is 4.74 Å². The van der Waals surface area contributed by atoms with Crippen molar-refractivity contribution >= 4 is 33.4 Å². The number of aromatic hydroxyl groups is 2. The van der Waals surface area contributed by atoms with Crippen LogP contribution in [0.5, 0.6) is 17.2 Å². The van der Waals surface area contributed by atoms with Crippen LogP contribution in [0.4, 0.5) is 0 Å². The molecule has 0 atom stereocenters. The molecule has 0 saturated carbocycles. The maximum Gasteiger partial charge on any atom is 0.232 e. The summed E-state index contributed by atoms with van der Waals surface area (Å²) in [6.07, 6.45) is 1.69. The molecule has 0 unspecified atom stereocenters. The van der Waals surface area contributed by atoms with E-state index in [-0.39, 0.29) is 28.6 Å². The number of rotatable bonds is 1. The quantitative estimate of drug-likeness (QED) is 0.286. The van der Waals surface area contributed by atoms with Crippen molar-refractivity contribution in [3.05, 3.63) is 83.6 Å². The molecule has 0 aliphatic carbocycles. The molecule has 0 spiro atoms. The van der Waals surface area contributed by atoms with Gasteiger partial charge in [0.25, 0.3) is 0 Å². The minimum atomic E-state index is -0.424. The molecule has 0 bridgehead atoms. The largest absolute Gasteiger partial charge is 0.504 e. The number of benzene rings is 4. The summed E-state index contributed by atoms with van der Waals surface area (Å²) in [5.74, 6) is -0.952. The average molecular weight is 354 g/mol. The smallest absolute Gasteiger partial charge is 0.232 e. The van der Waals surface area contributed by atoms with Crippen LogP contribution in [0.1, 0.15) is 15.9 Å². The van der Waals surface area contributed by atoms with Crippen molar-refractivity contribution < 1.29 is 19.7 Å². The summed E-state index contributed by atoms with van der Waals surface area (Å²) < 4.78 is 5.60. The molecule has 0 fully saturated rings. The Bertz CT molecular complexity index is 1280. The summed E-state index contributed by atoms with van der Waals surface area (Å²) in [6, 6.07) is 20.8. The van der Waals surface area contributed by atoms with Crippen molar-refractivity contribution in [2.24, 2.45) is 0 Å². The lowest BCUT2D eigenvalue weighted by Crippen LogP contribution is -1.98. The van der Waals surface area contributed by atoms with E-state index in [2.05, 4.69) is 12.1 Å². The topological polar surface area (TPSA) is 66.8 Å². The van der Waals surface area contributed by atoms with Crippen molar-refractivity contribution in [2.45, 2.75) is 0 Å². The molecule has 5 rings (SSSR count). The van der Waals surface area contributed by atoms with Crippen molar-refractivity contribution in [2.75, 3.05) is 0 Å². The molecule has 2 N–H and O–H groups in total. The maximum absolute atomic E-state index is 12.7. The van der Waals surface area contributed by atoms with E-state index in [1.807, 2.05) is 42.5 Å². The first-order valence-electron chi connectivity index (χ1n) is 8.53. The molecule has 4 heteroatoms. The van der Waals surface area contributed by atoms with Crippen molar-refractivity contribution in [1.29, 1.82) is 0 Å². The Balaban J connectivity index is 1.73. The monoisotopic (exact) mass is 354 g/mol. The molecule has 0 aromatic heterocycles. The van der Waals surface area contributed by atoms with Gasteiger partial charge in [0, 0.05) is 0 Å². The number of ether oxygens (including phenoxy) is 1. The van der Waals surface area contributed by atoms with Gasteiger partial charge >= 0.3 is 0 Å². The van der Waals surface area contributed by atoms with Crippen LogP contribution in [0.2, 0.25) is 0 Å². The van der Waals surface area contributed by atoms with E-state index < -0.39 is 5.75 Å². The van der Waals surface area contributed by atoms with E-state index in [1.165, 1.54) is 12.1 Å². The van der Waals surface area contributed by atoms with Gasteiger partial charge in [-0.15, -0.1) is 0 Å². The second-order valence-corrected chi connectivity index (χ2v) is 6.48. The molecule has 1 aliphatic heterocycles. The number of fused-ring (bicyclic) bond motifs is 4. The Hall–Kier alpha value is -3.79. The Morgan fingerprint density at radius 2 is 1.52 bits per heavy atom. The zero-order valence-corrected chi connectivity index (χ0v) is 14.1. The first kappa shape index (κ1) is 15.5. The molecule has 1 heterocycles. The fourth-order valence-corrected chi connectivity index (χ4v) is 3.57. The lowest BCUT2D eigenvalue weighted by Gasteiger charge is -2.08. The van der Waals surface area contributed by atoms with Gasteiger partial charge in [0.15, 0.2) is 17.3 Å². The van der Waals surface area contributed by atoms with Crippen LogP contribution in [0, 0.1) is 0 Å². The van der Waals surface area contributed by atoms with E-state index in [1.54, 1.807) is 6.08 Å². The number of carbonyl (C=O) groups is 1. The summed E-state index contributed by atoms with van der Waals surface area (Å²) in [4.78, 5) is 12.7. The van der Waals surface area contributed by atoms with Gasteiger partial charge in [-0.3, -0.25) is 4.79 Å². The Kier molecular flexibility index (Phi) is 3.21. The third-order valence-corrected chi connectivity index (χ3v) is 4.88. The van der Waals surface area contributed by atoms with E-state index in [0.29, 0.717) is 0 Å². The second-order valence-electron chi connectivity index (χ2n) is 6.48. The molecule has 0 saturated heterocycles. The predicted molar refractivity (Wildman–Crippen MR) is 104 cm³/mol. The molecule has 27 heavy (non-hydrogen) atoms. The van der Waals surface area contributed by atoms with Crippen LogP contribution in [0.15, 0.2) is 72.5 Å². The van der Waals surface area contributed by atoms with Gasteiger partial charge in [-0.25, -0.2) is 0 Å². The normalized spacial score (nSPS) is 14.7. The third kappa shape index (κ3) is 2.27. The zero-order chi connectivity index (χ0) is 18.5. The highest BCUT2D eigenvalue weighted by molar-refractivity contribution is 6.17. The molecule has 4 aromatic carbocycles. The molecule has 130 valence electrons. The van der Waals surface area contributed by atoms with Crippen LogP contribution in [0.25, 0.3) is 27.6 Å². The summed E-state index contributed by atoms with van der Waals surface area (Å²) in [5, 5.41) is 23.9. The number of carbonyl (C=O) groups excluding carboxylic acids is 1. The van der Waals surface area contributed by atoms with Crippen LogP contribution < -0.4 is 4.74 Å². The lowest BCUT2D eigenvalue weighted by atomic mass is 9.96. The molecule has 0 amide bonds. The number of allylic oxidation sites excluding steroid dienone is 1. The standard InChI is InChI=1S/C23H14O4/c24-19-10-9-18-21(25)20(27-23(18)22(19)26)12-14-11-13-5-1-2-6-15(13)17-8-4-3-7-16(14)17/h1-12,24,26H/b20-12-.